The molecule has 0 atom stereocenters. The fraction of sp³-hybridized carbons (Fsp3) is 0.500. The Labute approximate surface area is 128 Å². The van der Waals surface area contributed by atoms with Gasteiger partial charge in [-0.25, -0.2) is 9.78 Å². The number of fused-ring (bicyclic) bond motifs is 1. The topological polar surface area (TPSA) is 74.3 Å². The van der Waals surface area contributed by atoms with Gasteiger partial charge in [-0.15, -0.1) is 11.8 Å². The van der Waals surface area contributed by atoms with Crippen molar-refractivity contribution in [2.24, 2.45) is 0 Å². The number of aromatic nitrogens is 1. The molecule has 0 aromatic carbocycles. The van der Waals surface area contributed by atoms with Crippen molar-refractivity contribution in [3.63, 3.8) is 0 Å². The second-order valence-corrected chi connectivity index (χ2v) is 6.12. The minimum atomic E-state index is -0.179. The number of pyridine rings is 1. The van der Waals surface area contributed by atoms with Gasteiger partial charge in [-0.1, -0.05) is 0 Å². The predicted molar refractivity (Wildman–Crippen MR) is 83.6 cm³/mol. The normalized spacial score (nSPS) is 13.8. The van der Waals surface area contributed by atoms with Crippen LogP contribution in [0.1, 0.15) is 20.3 Å². The quantitative estimate of drug-likeness (QED) is 0.886. The number of nitrogens with zero attached hydrogens (tertiary/aromatic N) is 2. The van der Waals surface area contributed by atoms with E-state index >= 15 is 0 Å². The molecule has 114 valence electrons. The van der Waals surface area contributed by atoms with Gasteiger partial charge in [0.2, 0.25) is 5.91 Å². The molecule has 1 aliphatic heterocycles. The van der Waals surface area contributed by atoms with Crippen LogP contribution in [-0.4, -0.2) is 41.8 Å². The molecule has 0 unspecified atom stereocenters. The number of carbonyl (C=O) groups is 2. The van der Waals surface area contributed by atoms with Crippen molar-refractivity contribution >= 4 is 29.4 Å². The van der Waals surface area contributed by atoms with Gasteiger partial charge in [-0.2, -0.15) is 0 Å². The summed E-state index contributed by atoms with van der Waals surface area (Å²) in [6, 6.07) is 3.65. The molecule has 0 saturated heterocycles. The second kappa shape index (κ2) is 7.31. The molecular weight excluding hydrogens is 288 g/mol. The number of hydrogen-bond acceptors (Lipinski definition) is 4. The Kier molecular flexibility index (Phi) is 5.44. The highest BCUT2D eigenvalue weighted by Gasteiger charge is 2.23. The smallest absolute Gasteiger partial charge is 0.322 e. The van der Waals surface area contributed by atoms with Crippen molar-refractivity contribution in [2.45, 2.75) is 31.3 Å². The van der Waals surface area contributed by atoms with Crippen LogP contribution in [0.2, 0.25) is 0 Å². The monoisotopic (exact) mass is 308 g/mol. The maximum atomic E-state index is 12.2. The predicted octanol–water partition coefficient (Wildman–Crippen LogP) is 1.62. The standard InChI is InChI=1S/C14H20N4O2S/c1-10(2)17-12(19)5-7-16-14(20)18-8-9-21-13-11(18)4-3-6-15-13/h3-4,6,10H,5,7-9H2,1-2H3,(H,16,20)(H,17,19). The molecule has 0 fully saturated rings. The number of urea groups is 1. The summed E-state index contributed by atoms with van der Waals surface area (Å²) >= 11 is 1.65. The summed E-state index contributed by atoms with van der Waals surface area (Å²) in [6.45, 7) is 4.79. The van der Waals surface area contributed by atoms with Crippen LogP contribution < -0.4 is 15.5 Å². The average molecular weight is 308 g/mol. The Morgan fingerprint density at radius 2 is 2.29 bits per heavy atom. The first-order valence-electron chi connectivity index (χ1n) is 7.00. The number of hydrogen-bond donors (Lipinski definition) is 2. The van der Waals surface area contributed by atoms with Crippen molar-refractivity contribution < 1.29 is 9.59 Å². The van der Waals surface area contributed by atoms with Gasteiger partial charge in [-0.3, -0.25) is 9.69 Å². The maximum Gasteiger partial charge on any atom is 0.322 e. The van der Waals surface area contributed by atoms with Gasteiger partial charge in [0.15, 0.2) is 0 Å². The number of nitrogens with one attached hydrogen (secondary N) is 2. The summed E-state index contributed by atoms with van der Waals surface area (Å²) in [6.07, 6.45) is 2.01. The van der Waals surface area contributed by atoms with Gasteiger partial charge in [-0.05, 0) is 26.0 Å². The molecule has 0 aliphatic carbocycles. The Bertz CT molecular complexity index is 521. The molecule has 0 bridgehead atoms. The lowest BCUT2D eigenvalue weighted by molar-refractivity contribution is -0.121. The highest BCUT2D eigenvalue weighted by atomic mass is 32.2. The second-order valence-electron chi connectivity index (χ2n) is 5.03. The third-order valence-corrected chi connectivity index (χ3v) is 3.89. The van der Waals surface area contributed by atoms with Crippen molar-refractivity contribution in [1.29, 1.82) is 0 Å². The first kappa shape index (κ1) is 15.6. The van der Waals surface area contributed by atoms with E-state index in [1.54, 1.807) is 22.9 Å². The maximum absolute atomic E-state index is 12.2. The van der Waals surface area contributed by atoms with E-state index in [9.17, 15) is 9.59 Å². The van der Waals surface area contributed by atoms with Crippen molar-refractivity contribution in [1.82, 2.24) is 15.6 Å². The third kappa shape index (κ3) is 4.35. The number of rotatable bonds is 4. The Balaban J connectivity index is 1.86. The molecule has 0 saturated carbocycles. The number of anilines is 1. The zero-order valence-corrected chi connectivity index (χ0v) is 13.1. The molecule has 1 aliphatic rings. The lowest BCUT2D eigenvalue weighted by Gasteiger charge is -2.28. The van der Waals surface area contributed by atoms with E-state index in [0.717, 1.165) is 16.5 Å². The highest BCUT2D eigenvalue weighted by molar-refractivity contribution is 7.99. The summed E-state index contributed by atoms with van der Waals surface area (Å²) in [4.78, 5) is 29.7. The molecule has 6 nitrogen and oxygen atoms in total. The van der Waals surface area contributed by atoms with Crippen LogP contribution in [0.15, 0.2) is 23.4 Å². The van der Waals surface area contributed by atoms with Crippen LogP contribution in [0, 0.1) is 0 Å². The average Bonchev–Trinajstić information content (AvgIpc) is 2.45. The van der Waals surface area contributed by atoms with Crippen molar-refractivity contribution in [3.8, 4) is 0 Å². The summed E-state index contributed by atoms with van der Waals surface area (Å²) in [7, 11) is 0. The fourth-order valence-corrected chi connectivity index (χ4v) is 2.97. The Morgan fingerprint density at radius 1 is 1.48 bits per heavy atom. The van der Waals surface area contributed by atoms with Crippen molar-refractivity contribution in [2.75, 3.05) is 23.7 Å². The molecule has 1 aromatic rings. The van der Waals surface area contributed by atoms with Crippen LogP contribution >= 0.6 is 11.8 Å². The third-order valence-electron chi connectivity index (χ3n) is 2.92. The van der Waals surface area contributed by atoms with E-state index in [4.69, 9.17) is 0 Å². The van der Waals surface area contributed by atoms with Gasteiger partial charge >= 0.3 is 6.03 Å². The minimum Gasteiger partial charge on any atom is -0.354 e. The van der Waals surface area contributed by atoms with Crippen LogP contribution in [0.25, 0.3) is 0 Å². The minimum absolute atomic E-state index is 0.0541. The fourth-order valence-electron chi connectivity index (χ4n) is 2.04. The zero-order chi connectivity index (χ0) is 15.2. The summed E-state index contributed by atoms with van der Waals surface area (Å²) < 4.78 is 0. The summed E-state index contributed by atoms with van der Waals surface area (Å²) in [5.41, 5.74) is 0.831. The SMILES string of the molecule is CC(C)NC(=O)CCNC(=O)N1CCSc2ncccc21. The van der Waals surface area contributed by atoms with Crippen LogP contribution in [-0.2, 0) is 4.79 Å². The zero-order valence-electron chi connectivity index (χ0n) is 12.3. The number of carbonyl (C=O) groups excluding carboxylic acids is 2. The first-order valence-corrected chi connectivity index (χ1v) is 7.99. The molecule has 0 spiro atoms. The summed E-state index contributed by atoms with van der Waals surface area (Å²) in [5, 5.41) is 6.45. The number of amides is 3. The van der Waals surface area contributed by atoms with Gasteiger partial charge < -0.3 is 10.6 Å². The van der Waals surface area contributed by atoms with Gasteiger partial charge in [0, 0.05) is 37.5 Å². The first-order chi connectivity index (χ1) is 10.1. The van der Waals surface area contributed by atoms with E-state index in [2.05, 4.69) is 15.6 Å². The molecule has 21 heavy (non-hydrogen) atoms. The van der Waals surface area contributed by atoms with Gasteiger partial charge in [0.1, 0.15) is 5.03 Å². The largest absolute Gasteiger partial charge is 0.354 e. The van der Waals surface area contributed by atoms with E-state index in [1.807, 2.05) is 26.0 Å². The van der Waals surface area contributed by atoms with E-state index in [0.29, 0.717) is 13.1 Å². The molecule has 0 radical (unpaired) electrons. The molecule has 2 rings (SSSR count). The van der Waals surface area contributed by atoms with Crippen LogP contribution in [0.3, 0.4) is 0 Å². The van der Waals surface area contributed by atoms with Gasteiger partial charge in [0.25, 0.3) is 0 Å². The Morgan fingerprint density at radius 3 is 3.05 bits per heavy atom. The number of thioether (sulfide) groups is 1. The Hall–Kier alpha value is -1.76. The van der Waals surface area contributed by atoms with E-state index in [-0.39, 0.29) is 24.4 Å². The molecule has 7 heteroatoms. The summed E-state index contributed by atoms with van der Waals surface area (Å²) in [5.74, 6) is 0.771. The van der Waals surface area contributed by atoms with Crippen molar-refractivity contribution in [3.05, 3.63) is 18.3 Å². The molecule has 2 heterocycles. The van der Waals surface area contributed by atoms with E-state index in [1.165, 1.54) is 0 Å². The van der Waals surface area contributed by atoms with Gasteiger partial charge in [0.05, 0.1) is 5.69 Å². The molecular formula is C14H20N4O2S. The lowest BCUT2D eigenvalue weighted by Crippen LogP contribution is -2.44. The van der Waals surface area contributed by atoms with E-state index < -0.39 is 0 Å². The molecule has 3 amide bonds. The molecule has 2 N–H and O–H groups in total. The highest BCUT2D eigenvalue weighted by Crippen LogP contribution is 2.32. The molecule has 1 aromatic heterocycles. The van der Waals surface area contributed by atoms with Crippen LogP contribution in [0.5, 0.6) is 0 Å². The van der Waals surface area contributed by atoms with Crippen LogP contribution in [0.4, 0.5) is 10.5 Å². The lowest BCUT2D eigenvalue weighted by atomic mass is 10.3.